The third kappa shape index (κ3) is 1.74. The number of amides is 1. The minimum absolute atomic E-state index is 0.0770. The molecule has 1 aromatic carbocycles. The lowest BCUT2D eigenvalue weighted by molar-refractivity contribution is -0.114. The van der Waals surface area contributed by atoms with E-state index in [0.29, 0.717) is 0 Å². The first kappa shape index (κ1) is 10.5. The van der Waals surface area contributed by atoms with E-state index in [0.717, 1.165) is 28.0 Å². The molecule has 84 valence electrons. The molecule has 0 aliphatic heterocycles. The van der Waals surface area contributed by atoms with Gasteiger partial charge in [-0.3, -0.25) is 4.79 Å². The van der Waals surface area contributed by atoms with E-state index in [1.54, 1.807) is 7.11 Å². The van der Waals surface area contributed by atoms with Crippen molar-refractivity contribution in [3.8, 4) is 5.75 Å². The standard InChI is InChI=1S/C12H14N2O2/c1-7-12(14-8(2)15)10-6-9(16-3)4-5-11(10)13-7/h4-6,13H,1-3H3,(H,14,15). The maximum atomic E-state index is 11.1. The molecule has 2 rings (SSSR count). The monoisotopic (exact) mass is 218 g/mol. The van der Waals surface area contributed by atoms with Gasteiger partial charge < -0.3 is 15.0 Å². The third-order valence-electron chi connectivity index (χ3n) is 2.49. The molecular formula is C12H14N2O2. The third-order valence-corrected chi connectivity index (χ3v) is 2.49. The number of ether oxygens (including phenoxy) is 1. The van der Waals surface area contributed by atoms with Crippen LogP contribution in [0.1, 0.15) is 12.6 Å². The summed E-state index contributed by atoms with van der Waals surface area (Å²) in [5, 5.41) is 3.79. The number of nitrogens with one attached hydrogen (secondary N) is 2. The van der Waals surface area contributed by atoms with Crippen LogP contribution < -0.4 is 10.1 Å². The van der Waals surface area contributed by atoms with E-state index in [1.807, 2.05) is 25.1 Å². The highest BCUT2D eigenvalue weighted by molar-refractivity contribution is 6.02. The Balaban J connectivity index is 2.61. The van der Waals surface area contributed by atoms with Gasteiger partial charge in [-0.1, -0.05) is 0 Å². The maximum Gasteiger partial charge on any atom is 0.221 e. The molecule has 0 spiro atoms. The van der Waals surface area contributed by atoms with Crippen LogP contribution >= 0.6 is 0 Å². The predicted octanol–water partition coefficient (Wildman–Crippen LogP) is 2.44. The first-order valence-corrected chi connectivity index (χ1v) is 5.05. The summed E-state index contributed by atoms with van der Waals surface area (Å²) in [6.07, 6.45) is 0. The zero-order valence-corrected chi connectivity index (χ0v) is 9.55. The van der Waals surface area contributed by atoms with Gasteiger partial charge in [-0.15, -0.1) is 0 Å². The summed E-state index contributed by atoms with van der Waals surface area (Å²) in [5.41, 5.74) is 2.75. The van der Waals surface area contributed by atoms with Crippen LogP contribution in [0.4, 0.5) is 5.69 Å². The van der Waals surface area contributed by atoms with Gasteiger partial charge in [-0.25, -0.2) is 0 Å². The first-order chi connectivity index (χ1) is 7.61. The second-order valence-corrected chi connectivity index (χ2v) is 3.72. The van der Waals surface area contributed by atoms with E-state index in [2.05, 4.69) is 10.3 Å². The SMILES string of the molecule is COc1ccc2[nH]c(C)c(NC(C)=O)c2c1. The Kier molecular flexibility index (Phi) is 2.56. The topological polar surface area (TPSA) is 54.1 Å². The molecule has 1 heterocycles. The van der Waals surface area contributed by atoms with Gasteiger partial charge in [0.1, 0.15) is 5.75 Å². The molecule has 1 aromatic heterocycles. The van der Waals surface area contributed by atoms with Gasteiger partial charge >= 0.3 is 0 Å². The number of carbonyl (C=O) groups is 1. The number of hydrogen-bond acceptors (Lipinski definition) is 2. The van der Waals surface area contributed by atoms with E-state index in [1.165, 1.54) is 6.92 Å². The number of fused-ring (bicyclic) bond motifs is 1. The Morgan fingerprint density at radius 1 is 1.44 bits per heavy atom. The molecule has 1 amide bonds. The smallest absolute Gasteiger partial charge is 0.221 e. The van der Waals surface area contributed by atoms with Crippen molar-refractivity contribution in [1.29, 1.82) is 0 Å². The Morgan fingerprint density at radius 2 is 2.19 bits per heavy atom. The molecule has 2 aromatic rings. The number of benzene rings is 1. The van der Waals surface area contributed by atoms with Crippen molar-refractivity contribution < 1.29 is 9.53 Å². The van der Waals surface area contributed by atoms with Crippen LogP contribution in [0.25, 0.3) is 10.9 Å². The minimum Gasteiger partial charge on any atom is -0.497 e. The zero-order chi connectivity index (χ0) is 11.7. The van der Waals surface area contributed by atoms with Crippen LogP contribution in [0, 0.1) is 6.92 Å². The number of H-pyrrole nitrogens is 1. The maximum absolute atomic E-state index is 11.1. The largest absolute Gasteiger partial charge is 0.497 e. The molecule has 16 heavy (non-hydrogen) atoms. The van der Waals surface area contributed by atoms with Gasteiger partial charge in [0.05, 0.1) is 12.8 Å². The van der Waals surface area contributed by atoms with Gasteiger partial charge in [0.15, 0.2) is 0 Å². The van der Waals surface area contributed by atoms with E-state index < -0.39 is 0 Å². The van der Waals surface area contributed by atoms with Crippen LogP contribution in [-0.2, 0) is 4.79 Å². The highest BCUT2D eigenvalue weighted by Crippen LogP contribution is 2.30. The summed E-state index contributed by atoms with van der Waals surface area (Å²) >= 11 is 0. The number of hydrogen-bond donors (Lipinski definition) is 2. The summed E-state index contributed by atoms with van der Waals surface area (Å²) < 4.78 is 5.16. The predicted molar refractivity (Wildman–Crippen MR) is 63.9 cm³/mol. The van der Waals surface area contributed by atoms with Gasteiger partial charge in [0.25, 0.3) is 0 Å². The summed E-state index contributed by atoms with van der Waals surface area (Å²) in [4.78, 5) is 14.3. The normalized spacial score (nSPS) is 10.4. The van der Waals surface area contributed by atoms with Crippen LogP contribution in [0.2, 0.25) is 0 Å². The molecule has 2 N–H and O–H groups in total. The average molecular weight is 218 g/mol. The fraction of sp³-hybridized carbons (Fsp3) is 0.250. The van der Waals surface area contributed by atoms with Gasteiger partial charge in [0, 0.05) is 23.5 Å². The minimum atomic E-state index is -0.0770. The lowest BCUT2D eigenvalue weighted by Gasteiger charge is -2.03. The Morgan fingerprint density at radius 3 is 2.81 bits per heavy atom. The lowest BCUT2D eigenvalue weighted by Crippen LogP contribution is -2.06. The quantitative estimate of drug-likeness (QED) is 0.813. The molecule has 0 fully saturated rings. The number of rotatable bonds is 2. The van der Waals surface area contributed by atoms with Crippen molar-refractivity contribution in [1.82, 2.24) is 4.98 Å². The van der Waals surface area contributed by atoms with Crippen molar-refractivity contribution in [3.05, 3.63) is 23.9 Å². The molecule has 0 saturated heterocycles. The van der Waals surface area contributed by atoms with Crippen LogP contribution in [-0.4, -0.2) is 18.0 Å². The van der Waals surface area contributed by atoms with Crippen LogP contribution in [0.3, 0.4) is 0 Å². The van der Waals surface area contributed by atoms with E-state index in [-0.39, 0.29) is 5.91 Å². The number of aromatic amines is 1. The van der Waals surface area contributed by atoms with Gasteiger partial charge in [-0.2, -0.15) is 0 Å². The molecule has 0 unspecified atom stereocenters. The fourth-order valence-corrected chi connectivity index (χ4v) is 1.77. The lowest BCUT2D eigenvalue weighted by atomic mass is 10.2. The van der Waals surface area contributed by atoms with Crippen molar-refractivity contribution in [3.63, 3.8) is 0 Å². The highest BCUT2D eigenvalue weighted by Gasteiger charge is 2.10. The van der Waals surface area contributed by atoms with E-state index >= 15 is 0 Å². The number of methoxy groups -OCH3 is 1. The molecular weight excluding hydrogens is 204 g/mol. The van der Waals surface area contributed by atoms with E-state index in [4.69, 9.17) is 4.74 Å². The molecule has 0 aliphatic carbocycles. The van der Waals surface area contributed by atoms with Crippen molar-refractivity contribution >= 4 is 22.5 Å². The average Bonchev–Trinajstić information content (AvgIpc) is 2.54. The number of aryl methyl sites for hydroxylation is 1. The van der Waals surface area contributed by atoms with Crippen molar-refractivity contribution in [2.75, 3.05) is 12.4 Å². The van der Waals surface area contributed by atoms with Crippen LogP contribution in [0.15, 0.2) is 18.2 Å². The summed E-state index contributed by atoms with van der Waals surface area (Å²) in [6, 6.07) is 5.73. The van der Waals surface area contributed by atoms with Crippen molar-refractivity contribution in [2.45, 2.75) is 13.8 Å². The number of anilines is 1. The van der Waals surface area contributed by atoms with Crippen molar-refractivity contribution in [2.24, 2.45) is 0 Å². The summed E-state index contributed by atoms with van der Waals surface area (Å²) in [6.45, 7) is 3.43. The molecule has 4 heteroatoms. The molecule has 0 bridgehead atoms. The Bertz CT molecular complexity index is 543. The Hall–Kier alpha value is -1.97. The summed E-state index contributed by atoms with van der Waals surface area (Å²) in [5.74, 6) is 0.699. The number of aromatic nitrogens is 1. The highest BCUT2D eigenvalue weighted by atomic mass is 16.5. The second-order valence-electron chi connectivity index (χ2n) is 3.72. The second kappa shape index (κ2) is 3.89. The van der Waals surface area contributed by atoms with E-state index in [9.17, 15) is 4.79 Å². The van der Waals surface area contributed by atoms with Crippen LogP contribution in [0.5, 0.6) is 5.75 Å². The zero-order valence-electron chi connectivity index (χ0n) is 9.55. The molecule has 4 nitrogen and oxygen atoms in total. The fourth-order valence-electron chi connectivity index (χ4n) is 1.77. The first-order valence-electron chi connectivity index (χ1n) is 5.05. The summed E-state index contributed by atoms with van der Waals surface area (Å²) in [7, 11) is 1.62. The number of carbonyl (C=O) groups excluding carboxylic acids is 1. The molecule has 0 atom stereocenters. The van der Waals surface area contributed by atoms with Gasteiger partial charge in [0.2, 0.25) is 5.91 Å². The molecule has 0 aliphatic rings. The Labute approximate surface area is 93.6 Å². The molecule has 0 radical (unpaired) electrons. The molecule has 0 saturated carbocycles. The van der Waals surface area contributed by atoms with Gasteiger partial charge in [-0.05, 0) is 25.1 Å².